The summed E-state index contributed by atoms with van der Waals surface area (Å²) in [5.41, 5.74) is 5.71. The zero-order chi connectivity index (χ0) is 16.8. The molecule has 4 heteroatoms. The van der Waals surface area contributed by atoms with Crippen LogP contribution in [0.2, 0.25) is 5.02 Å². The van der Waals surface area contributed by atoms with Gasteiger partial charge in [0.1, 0.15) is 0 Å². The fourth-order valence-electron chi connectivity index (χ4n) is 3.29. The molecule has 0 saturated heterocycles. The van der Waals surface area contributed by atoms with Crippen LogP contribution in [-0.4, -0.2) is 14.8 Å². The van der Waals surface area contributed by atoms with E-state index in [1.165, 1.54) is 16.7 Å². The van der Waals surface area contributed by atoms with E-state index in [-0.39, 0.29) is 0 Å². The predicted molar refractivity (Wildman–Crippen MR) is 100 cm³/mol. The second-order valence-corrected chi connectivity index (χ2v) is 6.60. The van der Waals surface area contributed by atoms with Crippen LogP contribution in [0.3, 0.4) is 0 Å². The van der Waals surface area contributed by atoms with Gasteiger partial charge in [0.25, 0.3) is 0 Å². The van der Waals surface area contributed by atoms with Crippen LogP contribution in [-0.2, 0) is 6.54 Å². The van der Waals surface area contributed by atoms with E-state index >= 15 is 0 Å². The Morgan fingerprint density at radius 3 is 2.32 bits per heavy atom. The second kappa shape index (κ2) is 5.57. The molecule has 0 fully saturated rings. The molecule has 0 unspecified atom stereocenters. The Morgan fingerprint density at radius 1 is 0.800 bits per heavy atom. The lowest BCUT2D eigenvalue weighted by molar-refractivity contribution is 0.722. The maximum Gasteiger partial charge on any atom is 0.181 e. The summed E-state index contributed by atoms with van der Waals surface area (Å²) in [4.78, 5) is 4.74. The van der Waals surface area contributed by atoms with Gasteiger partial charge in [-0.15, -0.1) is 0 Å². The van der Waals surface area contributed by atoms with Crippen molar-refractivity contribution < 1.29 is 0 Å². The summed E-state index contributed by atoms with van der Waals surface area (Å²) in [6, 6.07) is 24.7. The van der Waals surface area contributed by atoms with Gasteiger partial charge in [-0.1, -0.05) is 66.2 Å². The molecule has 25 heavy (non-hydrogen) atoms. The third kappa shape index (κ3) is 2.44. The van der Waals surface area contributed by atoms with Crippen molar-refractivity contribution in [1.82, 2.24) is 14.8 Å². The van der Waals surface area contributed by atoms with Gasteiger partial charge in [-0.2, -0.15) is 5.10 Å². The average molecular weight is 344 g/mol. The molecule has 0 saturated carbocycles. The van der Waals surface area contributed by atoms with Gasteiger partial charge in [0.05, 0.1) is 6.54 Å². The van der Waals surface area contributed by atoms with Crippen LogP contribution < -0.4 is 0 Å². The van der Waals surface area contributed by atoms with Gasteiger partial charge in [-0.05, 0) is 34.9 Å². The third-order valence-electron chi connectivity index (χ3n) is 4.55. The number of nitrogens with zero attached hydrogens (tertiary/aromatic N) is 3. The lowest BCUT2D eigenvalue weighted by atomic mass is 10.0. The van der Waals surface area contributed by atoms with E-state index in [0.717, 1.165) is 34.3 Å². The summed E-state index contributed by atoms with van der Waals surface area (Å²) < 4.78 is 1.95. The normalized spacial score (nSPS) is 12.0. The topological polar surface area (TPSA) is 30.7 Å². The smallest absolute Gasteiger partial charge is 0.181 e. The van der Waals surface area contributed by atoms with E-state index in [1.54, 1.807) is 0 Å². The number of halogens is 1. The zero-order valence-electron chi connectivity index (χ0n) is 13.4. The molecular formula is C21H14ClN3. The lowest BCUT2D eigenvalue weighted by Gasteiger charge is -2.03. The fourth-order valence-corrected chi connectivity index (χ4v) is 3.48. The Hall–Kier alpha value is -2.91. The fraction of sp³-hybridized carbons (Fsp3) is 0.0476. The molecule has 0 spiro atoms. The Labute approximate surface area is 150 Å². The Bertz CT molecular complexity index is 1070. The Kier molecular flexibility index (Phi) is 3.22. The number of rotatable bonds is 2. The largest absolute Gasteiger partial charge is 0.241 e. The number of benzene rings is 3. The highest BCUT2D eigenvalue weighted by atomic mass is 35.5. The first kappa shape index (κ1) is 14.4. The molecule has 0 bridgehead atoms. The van der Waals surface area contributed by atoms with E-state index < -0.39 is 0 Å². The molecule has 3 aromatic carbocycles. The highest BCUT2D eigenvalue weighted by molar-refractivity contribution is 6.30. The van der Waals surface area contributed by atoms with Gasteiger partial charge in [0.15, 0.2) is 11.6 Å². The monoisotopic (exact) mass is 343 g/mol. The SMILES string of the molecule is Clc1ccc2c(c1)Cn1nc(-c3ccc(-c4ccccc4)cc3)nc1-2. The van der Waals surface area contributed by atoms with Gasteiger partial charge in [0, 0.05) is 16.1 Å². The Balaban J connectivity index is 1.50. The first-order valence-corrected chi connectivity index (χ1v) is 8.55. The molecule has 1 aromatic heterocycles. The molecule has 2 heterocycles. The van der Waals surface area contributed by atoms with Gasteiger partial charge in [-0.3, -0.25) is 0 Å². The molecule has 0 amide bonds. The van der Waals surface area contributed by atoms with Crippen molar-refractivity contribution in [3.05, 3.63) is 83.4 Å². The summed E-state index contributed by atoms with van der Waals surface area (Å²) in [6.07, 6.45) is 0. The molecule has 1 aliphatic rings. The van der Waals surface area contributed by atoms with Crippen LogP contribution in [0.5, 0.6) is 0 Å². The summed E-state index contributed by atoms with van der Waals surface area (Å²) in [6.45, 7) is 0.723. The minimum absolute atomic E-state index is 0.723. The van der Waals surface area contributed by atoms with Crippen LogP contribution in [0.15, 0.2) is 72.8 Å². The number of hydrogen-bond acceptors (Lipinski definition) is 2. The van der Waals surface area contributed by atoms with Crippen molar-refractivity contribution in [3.63, 3.8) is 0 Å². The minimum atomic E-state index is 0.723. The molecule has 5 rings (SSSR count). The molecular weight excluding hydrogens is 330 g/mol. The summed E-state index contributed by atoms with van der Waals surface area (Å²) in [7, 11) is 0. The van der Waals surface area contributed by atoms with E-state index in [4.69, 9.17) is 16.6 Å². The quantitative estimate of drug-likeness (QED) is 0.436. The van der Waals surface area contributed by atoms with E-state index in [0.29, 0.717) is 0 Å². The highest BCUT2D eigenvalue weighted by Crippen LogP contribution is 2.33. The van der Waals surface area contributed by atoms with E-state index in [1.807, 2.05) is 28.9 Å². The predicted octanol–water partition coefficient (Wildman–Crippen LogP) is 5.29. The summed E-state index contributed by atoms with van der Waals surface area (Å²) >= 11 is 6.08. The maximum atomic E-state index is 6.08. The van der Waals surface area contributed by atoms with Crippen molar-refractivity contribution >= 4 is 11.6 Å². The van der Waals surface area contributed by atoms with Gasteiger partial charge < -0.3 is 0 Å². The number of aromatic nitrogens is 3. The summed E-state index contributed by atoms with van der Waals surface area (Å²) in [5.74, 6) is 1.67. The molecule has 0 atom stereocenters. The Morgan fingerprint density at radius 2 is 1.52 bits per heavy atom. The van der Waals surface area contributed by atoms with Gasteiger partial charge >= 0.3 is 0 Å². The highest BCUT2D eigenvalue weighted by Gasteiger charge is 2.23. The number of hydrogen-bond donors (Lipinski definition) is 0. The molecule has 1 aliphatic heterocycles. The molecule has 120 valence electrons. The zero-order valence-corrected chi connectivity index (χ0v) is 14.1. The van der Waals surface area contributed by atoms with Crippen LogP contribution in [0.1, 0.15) is 5.56 Å². The lowest BCUT2D eigenvalue weighted by Crippen LogP contribution is -1.95. The van der Waals surface area contributed by atoms with E-state index in [2.05, 4.69) is 53.6 Å². The minimum Gasteiger partial charge on any atom is -0.241 e. The van der Waals surface area contributed by atoms with Crippen molar-refractivity contribution in [2.45, 2.75) is 6.54 Å². The van der Waals surface area contributed by atoms with Crippen molar-refractivity contribution in [2.75, 3.05) is 0 Å². The third-order valence-corrected chi connectivity index (χ3v) is 4.79. The van der Waals surface area contributed by atoms with Crippen LogP contribution in [0.25, 0.3) is 33.9 Å². The van der Waals surface area contributed by atoms with Gasteiger partial charge in [-0.25, -0.2) is 9.67 Å². The second-order valence-electron chi connectivity index (χ2n) is 6.16. The van der Waals surface area contributed by atoms with Crippen LogP contribution in [0, 0.1) is 0 Å². The maximum absolute atomic E-state index is 6.08. The molecule has 0 radical (unpaired) electrons. The molecule has 4 aromatic rings. The van der Waals surface area contributed by atoms with E-state index in [9.17, 15) is 0 Å². The first-order chi connectivity index (χ1) is 12.3. The molecule has 3 nitrogen and oxygen atoms in total. The number of fused-ring (bicyclic) bond motifs is 3. The van der Waals surface area contributed by atoms with Crippen LogP contribution >= 0.6 is 11.6 Å². The van der Waals surface area contributed by atoms with Crippen molar-refractivity contribution in [2.24, 2.45) is 0 Å². The average Bonchev–Trinajstić information content (AvgIpc) is 3.20. The van der Waals surface area contributed by atoms with Crippen molar-refractivity contribution in [3.8, 4) is 33.9 Å². The van der Waals surface area contributed by atoms with Crippen molar-refractivity contribution in [1.29, 1.82) is 0 Å². The van der Waals surface area contributed by atoms with Crippen LogP contribution in [0.4, 0.5) is 0 Å². The van der Waals surface area contributed by atoms with Gasteiger partial charge in [0.2, 0.25) is 0 Å². The molecule has 0 N–H and O–H groups in total. The summed E-state index contributed by atoms with van der Waals surface area (Å²) in [5, 5.41) is 5.42. The molecule has 0 aliphatic carbocycles. The first-order valence-electron chi connectivity index (χ1n) is 8.17. The standard InChI is InChI=1S/C21H14ClN3/c22-18-10-11-19-17(12-18)13-25-21(19)23-20(24-25)16-8-6-15(7-9-16)14-4-2-1-3-5-14/h1-12H,13H2.